The summed E-state index contributed by atoms with van der Waals surface area (Å²) in [4.78, 5) is 12.3. The van der Waals surface area contributed by atoms with Crippen molar-refractivity contribution in [1.82, 2.24) is 15.5 Å². The monoisotopic (exact) mass is 356 g/mol. The van der Waals surface area contributed by atoms with Gasteiger partial charge in [0.2, 0.25) is 0 Å². The van der Waals surface area contributed by atoms with Crippen molar-refractivity contribution in [2.75, 3.05) is 11.9 Å². The van der Waals surface area contributed by atoms with Crippen LogP contribution in [0.2, 0.25) is 0 Å². The zero-order valence-electron chi connectivity index (χ0n) is 14.9. The van der Waals surface area contributed by atoms with Crippen molar-refractivity contribution in [3.05, 3.63) is 53.5 Å². The van der Waals surface area contributed by atoms with Gasteiger partial charge in [0.25, 0.3) is 5.91 Å². The molecule has 0 aliphatic heterocycles. The van der Waals surface area contributed by atoms with Crippen LogP contribution in [0.5, 0.6) is 0 Å². The second-order valence-corrected chi connectivity index (χ2v) is 6.77. The Kier molecular flexibility index (Phi) is 6.52. The SMILES string of the molecule is O=C(NC1CCCCCC1)c1ccc(NCCc2ccc(F)cc2)nn1. The fourth-order valence-corrected chi connectivity index (χ4v) is 3.22. The summed E-state index contributed by atoms with van der Waals surface area (Å²) in [7, 11) is 0. The van der Waals surface area contributed by atoms with Crippen LogP contribution in [0.25, 0.3) is 0 Å². The fourth-order valence-electron chi connectivity index (χ4n) is 3.22. The lowest BCUT2D eigenvalue weighted by atomic mass is 10.1. The van der Waals surface area contributed by atoms with E-state index >= 15 is 0 Å². The van der Waals surface area contributed by atoms with Crippen molar-refractivity contribution < 1.29 is 9.18 Å². The molecule has 6 heteroatoms. The van der Waals surface area contributed by atoms with E-state index in [0.717, 1.165) is 24.8 Å². The van der Waals surface area contributed by atoms with E-state index in [0.29, 0.717) is 18.1 Å². The van der Waals surface area contributed by atoms with Crippen molar-refractivity contribution >= 4 is 11.7 Å². The third kappa shape index (κ3) is 5.51. The summed E-state index contributed by atoms with van der Waals surface area (Å²) in [6.07, 6.45) is 7.70. The van der Waals surface area contributed by atoms with Crippen LogP contribution in [-0.2, 0) is 6.42 Å². The van der Waals surface area contributed by atoms with Crippen LogP contribution in [0.3, 0.4) is 0 Å². The van der Waals surface area contributed by atoms with Crippen molar-refractivity contribution in [1.29, 1.82) is 0 Å². The zero-order chi connectivity index (χ0) is 18.2. The van der Waals surface area contributed by atoms with E-state index in [4.69, 9.17) is 0 Å². The summed E-state index contributed by atoms with van der Waals surface area (Å²) < 4.78 is 12.9. The van der Waals surface area contributed by atoms with E-state index in [2.05, 4.69) is 20.8 Å². The molecule has 26 heavy (non-hydrogen) atoms. The van der Waals surface area contributed by atoms with Gasteiger partial charge in [-0.25, -0.2) is 4.39 Å². The number of carbonyl (C=O) groups excluding carboxylic acids is 1. The van der Waals surface area contributed by atoms with Gasteiger partial charge < -0.3 is 10.6 Å². The lowest BCUT2D eigenvalue weighted by Gasteiger charge is -2.15. The van der Waals surface area contributed by atoms with E-state index in [9.17, 15) is 9.18 Å². The number of benzene rings is 1. The van der Waals surface area contributed by atoms with Crippen molar-refractivity contribution in [2.24, 2.45) is 0 Å². The number of carbonyl (C=O) groups is 1. The summed E-state index contributed by atoms with van der Waals surface area (Å²) in [6.45, 7) is 0.661. The van der Waals surface area contributed by atoms with Gasteiger partial charge in [0, 0.05) is 12.6 Å². The summed E-state index contributed by atoms with van der Waals surface area (Å²) in [6, 6.07) is 10.2. The molecule has 0 unspecified atom stereocenters. The Hall–Kier alpha value is -2.50. The van der Waals surface area contributed by atoms with Crippen LogP contribution >= 0.6 is 0 Å². The number of anilines is 1. The highest BCUT2D eigenvalue weighted by molar-refractivity contribution is 5.92. The van der Waals surface area contributed by atoms with Crippen LogP contribution < -0.4 is 10.6 Å². The van der Waals surface area contributed by atoms with Gasteiger partial charge in [0.15, 0.2) is 5.69 Å². The quantitative estimate of drug-likeness (QED) is 0.774. The van der Waals surface area contributed by atoms with E-state index in [-0.39, 0.29) is 17.8 Å². The Bertz CT molecular complexity index is 695. The van der Waals surface area contributed by atoms with Gasteiger partial charge in [-0.3, -0.25) is 4.79 Å². The molecule has 1 aliphatic carbocycles. The number of halogens is 1. The second-order valence-electron chi connectivity index (χ2n) is 6.77. The molecule has 1 aromatic heterocycles. The predicted molar refractivity (Wildman–Crippen MR) is 99.6 cm³/mol. The average molecular weight is 356 g/mol. The summed E-state index contributed by atoms with van der Waals surface area (Å²) in [5, 5.41) is 14.3. The molecule has 1 fully saturated rings. The Morgan fingerprint density at radius 2 is 1.73 bits per heavy atom. The third-order valence-corrected chi connectivity index (χ3v) is 4.72. The van der Waals surface area contributed by atoms with Crippen molar-refractivity contribution in [3.8, 4) is 0 Å². The molecule has 0 spiro atoms. The van der Waals surface area contributed by atoms with Gasteiger partial charge in [-0.05, 0) is 49.1 Å². The van der Waals surface area contributed by atoms with Crippen LogP contribution in [0, 0.1) is 5.82 Å². The number of hydrogen-bond acceptors (Lipinski definition) is 4. The molecule has 1 aliphatic rings. The second kappa shape index (κ2) is 9.27. The average Bonchev–Trinajstić information content (AvgIpc) is 2.92. The highest BCUT2D eigenvalue weighted by Crippen LogP contribution is 2.17. The molecule has 0 atom stereocenters. The Morgan fingerprint density at radius 1 is 1.00 bits per heavy atom. The lowest BCUT2D eigenvalue weighted by molar-refractivity contribution is 0.0927. The van der Waals surface area contributed by atoms with Crippen LogP contribution in [0.1, 0.15) is 54.6 Å². The zero-order valence-corrected chi connectivity index (χ0v) is 14.9. The maximum Gasteiger partial charge on any atom is 0.272 e. The minimum absolute atomic E-state index is 0.151. The first-order valence-electron chi connectivity index (χ1n) is 9.33. The predicted octanol–water partition coefficient (Wildman–Crippen LogP) is 3.72. The van der Waals surface area contributed by atoms with E-state index < -0.39 is 0 Å². The smallest absolute Gasteiger partial charge is 0.272 e. The highest BCUT2D eigenvalue weighted by Gasteiger charge is 2.16. The van der Waals surface area contributed by atoms with Crippen LogP contribution in [0.15, 0.2) is 36.4 Å². The number of amides is 1. The molecule has 1 heterocycles. The molecule has 1 aromatic carbocycles. The number of nitrogens with zero attached hydrogens (tertiary/aromatic N) is 2. The summed E-state index contributed by atoms with van der Waals surface area (Å²) in [5.41, 5.74) is 1.39. The van der Waals surface area contributed by atoms with Gasteiger partial charge in [0.1, 0.15) is 11.6 Å². The van der Waals surface area contributed by atoms with Crippen LogP contribution in [-0.4, -0.2) is 28.7 Å². The molecule has 0 saturated heterocycles. The lowest BCUT2D eigenvalue weighted by Crippen LogP contribution is -2.35. The standard InChI is InChI=1S/C20H25FN4O/c21-16-9-7-15(8-10-16)13-14-22-19-12-11-18(24-25-19)20(26)23-17-5-3-1-2-4-6-17/h7-12,17H,1-6,13-14H2,(H,22,25)(H,23,26). The molecule has 2 aromatic rings. The maximum atomic E-state index is 12.9. The summed E-state index contributed by atoms with van der Waals surface area (Å²) in [5.74, 6) is 0.241. The molecule has 0 bridgehead atoms. The molecule has 3 rings (SSSR count). The van der Waals surface area contributed by atoms with Crippen molar-refractivity contribution in [2.45, 2.75) is 51.0 Å². The normalized spacial score (nSPS) is 15.3. The van der Waals surface area contributed by atoms with Gasteiger partial charge in [-0.2, -0.15) is 0 Å². The van der Waals surface area contributed by atoms with Gasteiger partial charge in [0.05, 0.1) is 0 Å². The molecule has 138 valence electrons. The topological polar surface area (TPSA) is 66.9 Å². The molecule has 1 saturated carbocycles. The molecule has 2 N–H and O–H groups in total. The fraction of sp³-hybridized carbons (Fsp3) is 0.450. The minimum atomic E-state index is -0.231. The van der Waals surface area contributed by atoms with E-state index in [1.807, 2.05) is 0 Å². The number of aromatic nitrogens is 2. The highest BCUT2D eigenvalue weighted by atomic mass is 19.1. The number of rotatable bonds is 6. The molecule has 0 radical (unpaired) electrons. The molecule has 1 amide bonds. The molecular formula is C20H25FN4O. The van der Waals surface area contributed by atoms with Crippen molar-refractivity contribution in [3.63, 3.8) is 0 Å². The first kappa shape index (κ1) is 18.3. The van der Waals surface area contributed by atoms with Crippen LogP contribution in [0.4, 0.5) is 10.2 Å². The Morgan fingerprint density at radius 3 is 2.38 bits per heavy atom. The van der Waals surface area contributed by atoms with E-state index in [1.54, 1.807) is 24.3 Å². The Balaban J connectivity index is 1.46. The van der Waals surface area contributed by atoms with E-state index in [1.165, 1.54) is 37.8 Å². The minimum Gasteiger partial charge on any atom is -0.368 e. The summed E-state index contributed by atoms with van der Waals surface area (Å²) >= 11 is 0. The largest absolute Gasteiger partial charge is 0.368 e. The maximum absolute atomic E-state index is 12.9. The van der Waals surface area contributed by atoms with Gasteiger partial charge in [-0.15, -0.1) is 10.2 Å². The molecule has 5 nitrogen and oxygen atoms in total. The first-order chi connectivity index (χ1) is 12.7. The number of nitrogens with one attached hydrogen (secondary N) is 2. The Labute approximate surface area is 153 Å². The molecular weight excluding hydrogens is 331 g/mol. The van der Waals surface area contributed by atoms with Gasteiger partial charge >= 0.3 is 0 Å². The third-order valence-electron chi connectivity index (χ3n) is 4.72. The van der Waals surface area contributed by atoms with Gasteiger partial charge in [-0.1, -0.05) is 37.8 Å². The first-order valence-corrected chi connectivity index (χ1v) is 9.33. The number of hydrogen-bond donors (Lipinski definition) is 2.